The first-order valence-corrected chi connectivity index (χ1v) is 8.36. The normalized spacial score (nSPS) is 16.5. The fourth-order valence-corrected chi connectivity index (χ4v) is 2.97. The van der Waals surface area contributed by atoms with Gasteiger partial charge in [0, 0.05) is 25.8 Å². The number of hydrogen-bond donors (Lipinski definition) is 1. The molecule has 0 aliphatic carbocycles. The van der Waals surface area contributed by atoms with E-state index >= 15 is 0 Å². The van der Waals surface area contributed by atoms with Crippen LogP contribution in [0.15, 0.2) is 36.0 Å². The number of nitriles is 1. The Kier molecular flexibility index (Phi) is 6.39. The van der Waals surface area contributed by atoms with Gasteiger partial charge >= 0.3 is 0 Å². The highest BCUT2D eigenvalue weighted by atomic mass is 16.2. The Balaban J connectivity index is 1.94. The van der Waals surface area contributed by atoms with Gasteiger partial charge in [-0.1, -0.05) is 29.8 Å². The van der Waals surface area contributed by atoms with Crippen LogP contribution in [0.1, 0.15) is 24.0 Å². The molecule has 5 heteroatoms. The Labute approximate surface area is 144 Å². The van der Waals surface area contributed by atoms with E-state index in [1.54, 1.807) is 11.9 Å². The van der Waals surface area contributed by atoms with Crippen LogP contribution in [0.3, 0.4) is 0 Å². The summed E-state index contributed by atoms with van der Waals surface area (Å²) in [7, 11) is 3.89. The molecule has 0 saturated carbocycles. The van der Waals surface area contributed by atoms with Crippen LogP contribution in [-0.4, -0.2) is 48.9 Å². The van der Waals surface area contributed by atoms with E-state index in [9.17, 15) is 10.1 Å². The third-order valence-corrected chi connectivity index (χ3v) is 4.54. The lowest BCUT2D eigenvalue weighted by molar-refractivity contribution is -0.128. The Morgan fingerprint density at radius 1 is 1.46 bits per heavy atom. The lowest BCUT2D eigenvalue weighted by atomic mass is 10.0. The first-order chi connectivity index (χ1) is 11.5. The highest BCUT2D eigenvalue weighted by molar-refractivity contribution is 5.97. The molecule has 1 aromatic carbocycles. The average molecular weight is 326 g/mol. The number of likely N-dealkylation sites (N-methyl/N-ethyl adjacent to an activating group) is 1. The smallest absolute Gasteiger partial charge is 0.265 e. The first-order valence-electron chi connectivity index (χ1n) is 8.36. The van der Waals surface area contributed by atoms with Crippen LogP contribution in [0.2, 0.25) is 0 Å². The van der Waals surface area contributed by atoms with E-state index in [2.05, 4.69) is 23.3 Å². The zero-order valence-corrected chi connectivity index (χ0v) is 14.7. The second-order valence-electron chi connectivity index (χ2n) is 6.49. The standard InChI is InChI=1S/C19H26N4O/c1-15-5-4-6-16(11-15)13-21-14-17(12-20)19(24)23(3)18-7-9-22(2)10-8-18/h4-6,11,14,18,21H,7-10,13H2,1-3H3/b17-14-. The summed E-state index contributed by atoms with van der Waals surface area (Å²) in [5.41, 5.74) is 2.47. The summed E-state index contributed by atoms with van der Waals surface area (Å²) in [5.74, 6) is -0.205. The van der Waals surface area contributed by atoms with Crippen LogP contribution in [0.4, 0.5) is 0 Å². The van der Waals surface area contributed by atoms with Crippen molar-refractivity contribution < 1.29 is 4.79 Å². The predicted molar refractivity (Wildman–Crippen MR) is 95.0 cm³/mol. The summed E-state index contributed by atoms with van der Waals surface area (Å²) in [6.45, 7) is 4.61. The third kappa shape index (κ3) is 4.84. The minimum atomic E-state index is -0.205. The van der Waals surface area contributed by atoms with Crippen molar-refractivity contribution in [3.8, 4) is 6.07 Å². The molecule has 1 aromatic rings. The van der Waals surface area contributed by atoms with Crippen molar-refractivity contribution >= 4 is 5.91 Å². The fraction of sp³-hybridized carbons (Fsp3) is 0.474. The van der Waals surface area contributed by atoms with Gasteiger partial charge in [0.1, 0.15) is 11.6 Å². The van der Waals surface area contributed by atoms with Crippen molar-refractivity contribution in [2.75, 3.05) is 27.2 Å². The number of amides is 1. The third-order valence-electron chi connectivity index (χ3n) is 4.54. The molecule has 1 N–H and O–H groups in total. The number of benzene rings is 1. The van der Waals surface area contributed by atoms with Crippen LogP contribution >= 0.6 is 0 Å². The Morgan fingerprint density at radius 3 is 2.79 bits per heavy atom. The molecule has 1 amide bonds. The van der Waals surface area contributed by atoms with E-state index < -0.39 is 0 Å². The van der Waals surface area contributed by atoms with Crippen molar-refractivity contribution in [1.82, 2.24) is 15.1 Å². The van der Waals surface area contributed by atoms with Crippen molar-refractivity contribution in [3.63, 3.8) is 0 Å². The molecular formula is C19H26N4O. The maximum atomic E-state index is 12.5. The quantitative estimate of drug-likeness (QED) is 0.664. The lowest BCUT2D eigenvalue weighted by Crippen LogP contribution is -2.45. The number of piperidine rings is 1. The molecule has 0 aromatic heterocycles. The summed E-state index contributed by atoms with van der Waals surface area (Å²) in [6, 6.07) is 10.4. The summed E-state index contributed by atoms with van der Waals surface area (Å²) >= 11 is 0. The zero-order valence-electron chi connectivity index (χ0n) is 14.7. The molecule has 1 aliphatic heterocycles. The summed E-state index contributed by atoms with van der Waals surface area (Å²) < 4.78 is 0. The van der Waals surface area contributed by atoms with Crippen molar-refractivity contribution in [3.05, 3.63) is 47.2 Å². The molecule has 1 fully saturated rings. The van der Waals surface area contributed by atoms with E-state index in [0.717, 1.165) is 31.5 Å². The van der Waals surface area contributed by atoms with Crippen molar-refractivity contribution in [2.24, 2.45) is 0 Å². The SMILES string of the molecule is Cc1cccc(CN/C=C(/C#N)C(=O)N(C)C2CCN(C)CC2)c1. The molecule has 128 valence electrons. The maximum absolute atomic E-state index is 12.5. The topological polar surface area (TPSA) is 59.4 Å². The molecule has 1 aliphatic rings. The number of nitrogens with one attached hydrogen (secondary N) is 1. The van der Waals surface area contributed by atoms with Gasteiger partial charge in [-0.05, 0) is 45.5 Å². The fourth-order valence-electron chi connectivity index (χ4n) is 2.97. The number of aryl methyl sites for hydroxylation is 1. The number of carbonyl (C=O) groups excluding carboxylic acids is 1. The van der Waals surface area contributed by atoms with Gasteiger partial charge in [-0.3, -0.25) is 4.79 Å². The number of carbonyl (C=O) groups is 1. The number of likely N-dealkylation sites (tertiary alicyclic amines) is 1. The van der Waals surface area contributed by atoms with Gasteiger partial charge in [0.2, 0.25) is 0 Å². The van der Waals surface area contributed by atoms with Gasteiger partial charge in [-0.2, -0.15) is 5.26 Å². The summed E-state index contributed by atoms with van der Waals surface area (Å²) in [4.78, 5) is 16.5. The second-order valence-corrected chi connectivity index (χ2v) is 6.49. The number of rotatable bonds is 5. The molecule has 0 atom stereocenters. The van der Waals surface area contributed by atoms with Crippen LogP contribution in [0.5, 0.6) is 0 Å². The molecule has 1 saturated heterocycles. The Bertz CT molecular complexity index is 639. The summed E-state index contributed by atoms with van der Waals surface area (Å²) in [5, 5.41) is 12.4. The molecule has 2 rings (SSSR count). The van der Waals surface area contributed by atoms with E-state index in [0.29, 0.717) is 6.54 Å². The summed E-state index contributed by atoms with van der Waals surface area (Å²) in [6.07, 6.45) is 3.44. The van der Waals surface area contributed by atoms with Crippen LogP contribution in [0.25, 0.3) is 0 Å². The highest BCUT2D eigenvalue weighted by Crippen LogP contribution is 2.16. The van der Waals surface area contributed by atoms with Gasteiger partial charge in [0.05, 0.1) is 0 Å². The van der Waals surface area contributed by atoms with Crippen molar-refractivity contribution in [1.29, 1.82) is 5.26 Å². The van der Waals surface area contributed by atoms with Gasteiger partial charge in [-0.25, -0.2) is 0 Å². The molecule has 24 heavy (non-hydrogen) atoms. The second kappa shape index (κ2) is 8.51. The van der Waals surface area contributed by atoms with Crippen LogP contribution in [0, 0.1) is 18.3 Å². The van der Waals surface area contributed by atoms with E-state index in [4.69, 9.17) is 0 Å². The van der Waals surface area contributed by atoms with Crippen LogP contribution in [-0.2, 0) is 11.3 Å². The average Bonchev–Trinajstić information content (AvgIpc) is 2.58. The monoisotopic (exact) mass is 326 g/mol. The zero-order chi connectivity index (χ0) is 17.5. The highest BCUT2D eigenvalue weighted by Gasteiger charge is 2.25. The van der Waals surface area contributed by atoms with Gasteiger partial charge in [0.15, 0.2) is 0 Å². The molecule has 0 unspecified atom stereocenters. The van der Waals surface area contributed by atoms with E-state index in [1.165, 1.54) is 11.8 Å². The first kappa shape index (κ1) is 18.0. The van der Waals surface area contributed by atoms with Crippen LogP contribution < -0.4 is 5.32 Å². The van der Waals surface area contributed by atoms with Gasteiger partial charge in [-0.15, -0.1) is 0 Å². The van der Waals surface area contributed by atoms with Crippen molar-refractivity contribution in [2.45, 2.75) is 32.4 Å². The molecule has 1 heterocycles. The molecule has 0 bridgehead atoms. The molecule has 5 nitrogen and oxygen atoms in total. The number of nitrogens with zero attached hydrogens (tertiary/aromatic N) is 3. The number of hydrogen-bond acceptors (Lipinski definition) is 4. The largest absolute Gasteiger partial charge is 0.386 e. The van der Waals surface area contributed by atoms with Gasteiger partial charge in [0.25, 0.3) is 5.91 Å². The molecule has 0 radical (unpaired) electrons. The minimum absolute atomic E-state index is 0.157. The maximum Gasteiger partial charge on any atom is 0.265 e. The molecule has 0 spiro atoms. The minimum Gasteiger partial charge on any atom is -0.386 e. The van der Waals surface area contributed by atoms with Gasteiger partial charge < -0.3 is 15.1 Å². The van der Waals surface area contributed by atoms with E-state index in [-0.39, 0.29) is 17.5 Å². The Hall–Kier alpha value is -2.32. The molecular weight excluding hydrogens is 300 g/mol. The van der Waals surface area contributed by atoms with E-state index in [1.807, 2.05) is 31.2 Å². The lowest BCUT2D eigenvalue weighted by Gasteiger charge is -2.34. The Morgan fingerprint density at radius 2 is 2.17 bits per heavy atom. The predicted octanol–water partition coefficient (Wildman–Crippen LogP) is 2.04.